The molecule has 0 spiro atoms. The third-order valence-corrected chi connectivity index (χ3v) is 9.10. The van der Waals surface area contributed by atoms with Crippen LogP contribution in [0.25, 0.3) is 11.3 Å². The van der Waals surface area contributed by atoms with E-state index < -0.39 is 76.2 Å². The molecule has 1 amide bonds. The lowest BCUT2D eigenvalue weighted by molar-refractivity contribution is -0.195. The fraction of sp³-hybridized carbons (Fsp3) is 0.355. The number of oxazole rings is 1. The number of phenols is 1. The van der Waals surface area contributed by atoms with Crippen molar-refractivity contribution in [1.82, 2.24) is 9.88 Å². The Balaban J connectivity index is 1.39. The maximum Gasteiger partial charge on any atom is 0.300 e. The number of phenolic OH excluding ortho intramolecular Hbond substituents is 1. The molecule has 228 valence electrons. The van der Waals surface area contributed by atoms with E-state index in [0.29, 0.717) is 17.0 Å². The number of aryl methyl sites for hydroxylation is 1. The Labute approximate surface area is 250 Å². The zero-order chi connectivity index (χ0) is 31.8. The number of aromatic hydroxyl groups is 1. The van der Waals surface area contributed by atoms with Crippen LogP contribution in [0.3, 0.4) is 0 Å². The van der Waals surface area contributed by atoms with E-state index >= 15 is 0 Å². The molecule has 1 aromatic heterocycles. The molecular weight excluding hydrogens is 572 g/mol. The highest BCUT2D eigenvalue weighted by atomic mass is 16.4. The molecule has 7 atom stereocenters. The molecule has 2 aromatic carbocycles. The SMILES string of the molecule is Cc1oc(Nc2ccc3c(c2O)C(=O)C2C(=O)[C@@]4(O)C(=O)C(C(N)=O)C(=O)[C@H](N(C)C)[C@H]4[C@H](O)[C@H]2C3)nc1-c1ccccc1. The van der Waals surface area contributed by atoms with Gasteiger partial charge in [0.05, 0.1) is 35.2 Å². The van der Waals surface area contributed by atoms with Gasteiger partial charge in [0.25, 0.3) is 6.01 Å². The average Bonchev–Trinajstić information content (AvgIpc) is 3.34. The Bertz CT molecular complexity index is 1750. The molecule has 2 saturated carbocycles. The van der Waals surface area contributed by atoms with Crippen molar-refractivity contribution in [2.45, 2.75) is 31.1 Å². The molecule has 3 aliphatic rings. The number of fused-ring (bicyclic) bond motifs is 3. The van der Waals surface area contributed by atoms with Gasteiger partial charge in [-0.25, -0.2) is 0 Å². The number of aliphatic hydroxyl groups is 2. The van der Waals surface area contributed by atoms with Gasteiger partial charge in [0.15, 0.2) is 34.7 Å². The van der Waals surface area contributed by atoms with Crippen molar-refractivity contribution in [3.63, 3.8) is 0 Å². The number of benzene rings is 2. The minimum absolute atomic E-state index is 0.0312. The summed E-state index contributed by atoms with van der Waals surface area (Å²) in [6.45, 7) is 1.72. The van der Waals surface area contributed by atoms with Crippen LogP contribution in [0, 0.1) is 30.6 Å². The first-order valence-electron chi connectivity index (χ1n) is 14.0. The van der Waals surface area contributed by atoms with E-state index in [9.17, 15) is 39.3 Å². The average molecular weight is 603 g/mol. The van der Waals surface area contributed by atoms with Crippen molar-refractivity contribution in [3.05, 3.63) is 59.4 Å². The standard InChI is InChI=1S/C31H30N4O9/c1-12-21(13-7-5-4-6-8-13)34-30(44-12)33-16-10-9-14-11-15-18(25(38)17(14)24(16)37)27(40)31(43)20(23(15)36)22(35(2)3)26(39)19(28(31)41)29(32)42/h4-10,15,18-20,22-23,36-37,43H,11H2,1-3H3,(H2,32,42)(H,33,34)/t15-,18?,19?,20-,22+,23+,31+/m0/s1. The molecule has 1 heterocycles. The second-order valence-corrected chi connectivity index (χ2v) is 11.8. The van der Waals surface area contributed by atoms with Gasteiger partial charge in [0.2, 0.25) is 5.91 Å². The minimum atomic E-state index is -3.05. The number of aromatic nitrogens is 1. The molecule has 6 N–H and O–H groups in total. The summed E-state index contributed by atoms with van der Waals surface area (Å²) in [6.07, 6.45) is -1.77. The second kappa shape index (κ2) is 10.2. The van der Waals surface area contributed by atoms with Crippen LogP contribution >= 0.6 is 0 Å². The monoisotopic (exact) mass is 602 g/mol. The summed E-state index contributed by atoms with van der Waals surface area (Å²) in [5, 5.41) is 37.3. The van der Waals surface area contributed by atoms with E-state index in [2.05, 4.69) is 10.3 Å². The Morgan fingerprint density at radius 1 is 1.09 bits per heavy atom. The third kappa shape index (κ3) is 4.03. The molecule has 13 heteroatoms. The number of hydrogen-bond acceptors (Lipinski definition) is 12. The van der Waals surface area contributed by atoms with Gasteiger partial charge in [-0.05, 0) is 39.1 Å². The number of aliphatic hydroxyl groups excluding tert-OH is 1. The fourth-order valence-corrected chi connectivity index (χ4v) is 7.12. The number of carbonyl (C=O) groups excluding carboxylic acids is 5. The zero-order valence-corrected chi connectivity index (χ0v) is 24.0. The van der Waals surface area contributed by atoms with Crippen LogP contribution in [0.1, 0.15) is 21.7 Å². The smallest absolute Gasteiger partial charge is 0.300 e. The van der Waals surface area contributed by atoms with Crippen LogP contribution in [-0.2, 0) is 25.6 Å². The summed E-state index contributed by atoms with van der Waals surface area (Å²) in [4.78, 5) is 72.5. The first-order valence-corrected chi connectivity index (χ1v) is 14.0. The lowest BCUT2D eigenvalue weighted by atomic mass is 9.51. The van der Waals surface area contributed by atoms with E-state index in [4.69, 9.17) is 10.2 Å². The summed E-state index contributed by atoms with van der Waals surface area (Å²) in [7, 11) is 2.87. The van der Waals surface area contributed by atoms with Crippen molar-refractivity contribution in [2.75, 3.05) is 19.4 Å². The molecular formula is C31H30N4O9. The first kappa shape index (κ1) is 29.4. The number of primary amides is 1. The van der Waals surface area contributed by atoms with E-state index in [0.717, 1.165) is 5.56 Å². The molecule has 0 saturated heterocycles. The second-order valence-electron chi connectivity index (χ2n) is 11.8. The van der Waals surface area contributed by atoms with Crippen LogP contribution in [-0.4, -0.2) is 86.1 Å². The fourth-order valence-electron chi connectivity index (χ4n) is 7.12. The molecule has 2 unspecified atom stereocenters. The van der Waals surface area contributed by atoms with Gasteiger partial charge < -0.3 is 30.8 Å². The number of anilines is 2. The van der Waals surface area contributed by atoms with Crippen molar-refractivity contribution < 1.29 is 43.7 Å². The molecule has 0 radical (unpaired) electrons. The van der Waals surface area contributed by atoms with Crippen LogP contribution in [0.2, 0.25) is 0 Å². The quantitative estimate of drug-likeness (QED) is 0.200. The number of hydrogen-bond donors (Lipinski definition) is 5. The molecule has 3 aliphatic carbocycles. The first-order chi connectivity index (χ1) is 20.8. The Hall–Kier alpha value is -4.72. The molecule has 13 nitrogen and oxygen atoms in total. The lowest BCUT2D eigenvalue weighted by Crippen LogP contribution is -2.77. The van der Waals surface area contributed by atoms with Crippen LogP contribution in [0.4, 0.5) is 11.7 Å². The van der Waals surface area contributed by atoms with E-state index in [1.165, 1.54) is 25.1 Å². The van der Waals surface area contributed by atoms with Crippen molar-refractivity contribution >= 4 is 40.7 Å². The molecule has 6 rings (SSSR count). The van der Waals surface area contributed by atoms with Crippen molar-refractivity contribution in [1.29, 1.82) is 0 Å². The van der Waals surface area contributed by atoms with Gasteiger partial charge in [-0.3, -0.25) is 28.9 Å². The van der Waals surface area contributed by atoms with Gasteiger partial charge in [-0.2, -0.15) is 4.98 Å². The summed E-state index contributed by atoms with van der Waals surface area (Å²) in [5.74, 6) is -12.6. The van der Waals surface area contributed by atoms with Gasteiger partial charge in [0.1, 0.15) is 17.2 Å². The van der Waals surface area contributed by atoms with Crippen molar-refractivity contribution in [3.8, 4) is 17.0 Å². The number of nitrogens with zero attached hydrogens (tertiary/aromatic N) is 2. The maximum absolute atomic E-state index is 14.0. The van der Waals surface area contributed by atoms with Gasteiger partial charge in [-0.15, -0.1) is 0 Å². The highest BCUT2D eigenvalue weighted by Crippen LogP contribution is 2.51. The van der Waals surface area contributed by atoms with Crippen LogP contribution in [0.5, 0.6) is 5.75 Å². The number of nitrogens with two attached hydrogens (primary N) is 1. The van der Waals surface area contributed by atoms with Crippen LogP contribution in [0.15, 0.2) is 46.9 Å². The number of ketones is 4. The number of likely N-dealkylation sites (N-methyl/N-ethyl adjacent to an activating group) is 1. The number of rotatable bonds is 5. The van der Waals surface area contributed by atoms with E-state index in [-0.39, 0.29) is 23.7 Å². The van der Waals surface area contributed by atoms with Gasteiger partial charge in [-0.1, -0.05) is 36.4 Å². The maximum atomic E-state index is 14.0. The Morgan fingerprint density at radius 3 is 2.41 bits per heavy atom. The lowest BCUT2D eigenvalue weighted by Gasteiger charge is -2.54. The summed E-state index contributed by atoms with van der Waals surface area (Å²) in [6, 6.07) is 10.9. The van der Waals surface area contributed by atoms with E-state index in [1.54, 1.807) is 13.0 Å². The summed E-state index contributed by atoms with van der Waals surface area (Å²) < 4.78 is 5.72. The van der Waals surface area contributed by atoms with Gasteiger partial charge >= 0.3 is 0 Å². The highest BCUT2D eigenvalue weighted by molar-refractivity contribution is 6.32. The van der Waals surface area contributed by atoms with Crippen LogP contribution < -0.4 is 11.1 Å². The Morgan fingerprint density at radius 2 is 1.77 bits per heavy atom. The third-order valence-electron chi connectivity index (χ3n) is 9.10. The summed E-state index contributed by atoms with van der Waals surface area (Å²) >= 11 is 0. The highest BCUT2D eigenvalue weighted by Gasteiger charge is 2.72. The number of amides is 1. The van der Waals surface area contributed by atoms with Gasteiger partial charge in [0, 0.05) is 11.5 Å². The minimum Gasteiger partial charge on any atom is -0.505 e. The van der Waals surface area contributed by atoms with E-state index in [1.807, 2.05) is 30.3 Å². The molecule has 2 fully saturated rings. The number of carbonyl (C=O) groups is 5. The normalized spacial score (nSPS) is 29.7. The molecule has 44 heavy (non-hydrogen) atoms. The largest absolute Gasteiger partial charge is 0.505 e. The number of Topliss-reactive ketones (excluding diaryl/α,β-unsaturated/α-hetero) is 4. The van der Waals surface area contributed by atoms with Crippen molar-refractivity contribution in [2.24, 2.45) is 29.4 Å². The summed E-state index contributed by atoms with van der Waals surface area (Å²) in [5.41, 5.74) is 3.77. The predicted octanol–water partition coefficient (Wildman–Crippen LogP) is 0.545. The molecule has 0 bridgehead atoms. The number of nitrogens with one attached hydrogen (secondary N) is 1. The molecule has 3 aromatic rings. The molecule has 0 aliphatic heterocycles. The predicted molar refractivity (Wildman–Crippen MR) is 153 cm³/mol. The topological polar surface area (TPSA) is 213 Å². The Kier molecular flexibility index (Phi) is 6.79. The zero-order valence-electron chi connectivity index (χ0n) is 24.0.